The average Bonchev–Trinajstić information content (AvgIpc) is 3.03. The smallest absolute Gasteiger partial charge is 0.339 e. The molecule has 128 valence electrons. The number of hydrogen-bond donors (Lipinski definition) is 2. The number of benzene rings is 1. The second-order valence-corrected chi connectivity index (χ2v) is 7.58. The molecule has 0 bridgehead atoms. The zero-order chi connectivity index (χ0) is 17.7. The summed E-state index contributed by atoms with van der Waals surface area (Å²) >= 11 is 0.811. The molecule has 1 amide bonds. The summed E-state index contributed by atoms with van der Waals surface area (Å²) in [6.07, 6.45) is 0.837. The number of anilines is 1. The summed E-state index contributed by atoms with van der Waals surface area (Å²) in [4.78, 5) is 23.6. The van der Waals surface area contributed by atoms with Crippen LogP contribution < -0.4 is 10.5 Å². The molecule has 0 aliphatic carbocycles. The fourth-order valence-electron chi connectivity index (χ4n) is 1.85. The summed E-state index contributed by atoms with van der Waals surface area (Å²) in [5.41, 5.74) is 1.71. The van der Waals surface area contributed by atoms with Gasteiger partial charge in [-0.2, -0.15) is 0 Å². The van der Waals surface area contributed by atoms with E-state index in [0.29, 0.717) is 5.69 Å². The molecular weight excluding hydrogens is 352 g/mol. The number of nitrogens with two attached hydrogens (primary N) is 1. The van der Waals surface area contributed by atoms with Crippen molar-refractivity contribution in [2.45, 2.75) is 17.6 Å². The van der Waals surface area contributed by atoms with Crippen LogP contribution in [0.5, 0.6) is 0 Å². The van der Waals surface area contributed by atoms with Crippen LogP contribution in [0.3, 0.4) is 0 Å². The molecule has 1 aromatic heterocycles. The lowest BCUT2D eigenvalue weighted by Gasteiger charge is -2.07. The Morgan fingerprint density at radius 3 is 2.67 bits per heavy atom. The highest BCUT2D eigenvalue weighted by atomic mass is 32.2. The Bertz CT molecular complexity index is 858. The van der Waals surface area contributed by atoms with Gasteiger partial charge in [0.2, 0.25) is 10.0 Å². The van der Waals surface area contributed by atoms with E-state index in [9.17, 15) is 18.0 Å². The summed E-state index contributed by atoms with van der Waals surface area (Å²) in [5, 5.41) is 8.90. The van der Waals surface area contributed by atoms with Crippen LogP contribution in [0.1, 0.15) is 22.8 Å². The lowest BCUT2D eigenvalue weighted by atomic mass is 10.1. The second kappa shape index (κ2) is 7.56. The molecule has 0 fully saturated rings. The normalized spacial score (nSPS) is 11.1. The van der Waals surface area contributed by atoms with Gasteiger partial charge in [0, 0.05) is 11.1 Å². The van der Waals surface area contributed by atoms with E-state index < -0.39 is 28.5 Å². The molecule has 1 aromatic carbocycles. The van der Waals surface area contributed by atoms with E-state index in [1.165, 1.54) is 5.38 Å². The minimum absolute atomic E-state index is 0.0322. The molecule has 2 rings (SSSR count). The molecule has 2 aromatic rings. The van der Waals surface area contributed by atoms with Crippen molar-refractivity contribution in [3.63, 3.8) is 0 Å². The van der Waals surface area contributed by atoms with Gasteiger partial charge < -0.3 is 10.1 Å². The van der Waals surface area contributed by atoms with Crippen LogP contribution in [0.4, 0.5) is 5.69 Å². The highest BCUT2D eigenvalue weighted by Crippen LogP contribution is 2.19. The molecule has 1 heterocycles. The Morgan fingerprint density at radius 2 is 2.04 bits per heavy atom. The summed E-state index contributed by atoms with van der Waals surface area (Å²) in [6.45, 7) is 1.52. The van der Waals surface area contributed by atoms with Crippen molar-refractivity contribution in [2.24, 2.45) is 5.14 Å². The van der Waals surface area contributed by atoms with Crippen molar-refractivity contribution in [1.82, 2.24) is 0 Å². The van der Waals surface area contributed by atoms with Crippen LogP contribution in [-0.2, 0) is 26.0 Å². The number of thiophene rings is 1. The van der Waals surface area contributed by atoms with E-state index >= 15 is 0 Å². The lowest BCUT2D eigenvalue weighted by Crippen LogP contribution is -2.20. The number of aryl methyl sites for hydroxylation is 1. The van der Waals surface area contributed by atoms with Gasteiger partial charge in [0.1, 0.15) is 4.21 Å². The number of sulfonamides is 1. The van der Waals surface area contributed by atoms with Gasteiger partial charge in [0.25, 0.3) is 5.91 Å². The molecule has 3 N–H and O–H groups in total. The van der Waals surface area contributed by atoms with Crippen molar-refractivity contribution in [3.05, 3.63) is 46.8 Å². The van der Waals surface area contributed by atoms with E-state index in [1.807, 2.05) is 25.1 Å². The highest BCUT2D eigenvalue weighted by molar-refractivity contribution is 7.91. The van der Waals surface area contributed by atoms with Crippen LogP contribution >= 0.6 is 11.3 Å². The molecule has 9 heteroatoms. The third kappa shape index (κ3) is 4.88. The number of rotatable bonds is 6. The minimum Gasteiger partial charge on any atom is -0.452 e. The first-order valence-electron chi connectivity index (χ1n) is 6.97. The van der Waals surface area contributed by atoms with Gasteiger partial charge in [-0.1, -0.05) is 19.1 Å². The van der Waals surface area contributed by atoms with E-state index in [4.69, 9.17) is 9.88 Å². The highest BCUT2D eigenvalue weighted by Gasteiger charge is 2.17. The van der Waals surface area contributed by atoms with Crippen LogP contribution in [0.2, 0.25) is 0 Å². The number of primary sulfonamides is 1. The maximum Gasteiger partial charge on any atom is 0.339 e. The van der Waals surface area contributed by atoms with Gasteiger partial charge in [0.05, 0.1) is 5.56 Å². The molecular formula is C15H16N2O5S2. The van der Waals surface area contributed by atoms with Crippen molar-refractivity contribution in [3.8, 4) is 0 Å². The molecule has 0 saturated heterocycles. The SMILES string of the molecule is CCc1cccc(NC(=O)COC(=O)c2csc(S(N)(=O)=O)c2)c1. The molecule has 0 atom stereocenters. The van der Waals surface area contributed by atoms with Gasteiger partial charge in [0.15, 0.2) is 6.61 Å². The molecule has 0 radical (unpaired) electrons. The Balaban J connectivity index is 1.91. The second-order valence-electron chi connectivity index (χ2n) is 4.88. The fourth-order valence-corrected chi connectivity index (χ4v) is 3.43. The quantitative estimate of drug-likeness (QED) is 0.754. The third-order valence-electron chi connectivity index (χ3n) is 3.04. The van der Waals surface area contributed by atoms with Crippen molar-refractivity contribution < 1.29 is 22.7 Å². The third-order valence-corrected chi connectivity index (χ3v) is 5.43. The number of carbonyl (C=O) groups is 2. The number of hydrogen-bond acceptors (Lipinski definition) is 6. The van der Waals surface area contributed by atoms with Crippen LogP contribution in [-0.4, -0.2) is 26.9 Å². The first-order valence-corrected chi connectivity index (χ1v) is 9.39. The van der Waals surface area contributed by atoms with Gasteiger partial charge in [-0.3, -0.25) is 4.79 Å². The number of carbonyl (C=O) groups excluding carboxylic acids is 2. The molecule has 0 spiro atoms. The number of ether oxygens (including phenoxy) is 1. The topological polar surface area (TPSA) is 116 Å². The molecule has 0 saturated carbocycles. The maximum absolute atomic E-state index is 11.8. The predicted molar refractivity (Wildman–Crippen MR) is 90.4 cm³/mol. The monoisotopic (exact) mass is 368 g/mol. The van der Waals surface area contributed by atoms with Crippen molar-refractivity contribution in [1.29, 1.82) is 0 Å². The summed E-state index contributed by atoms with van der Waals surface area (Å²) < 4.78 is 27.0. The molecule has 7 nitrogen and oxygen atoms in total. The Morgan fingerprint density at radius 1 is 1.29 bits per heavy atom. The Kier molecular flexibility index (Phi) is 5.71. The fraction of sp³-hybridized carbons (Fsp3) is 0.200. The predicted octanol–water partition coefficient (Wildman–Crippen LogP) is 1.75. The molecule has 24 heavy (non-hydrogen) atoms. The number of nitrogens with one attached hydrogen (secondary N) is 1. The van der Waals surface area contributed by atoms with Crippen LogP contribution in [0.25, 0.3) is 0 Å². The Labute approximate surface area is 143 Å². The zero-order valence-electron chi connectivity index (χ0n) is 12.8. The number of esters is 1. The molecule has 0 aliphatic rings. The van der Waals surface area contributed by atoms with Crippen LogP contribution in [0, 0.1) is 0 Å². The largest absolute Gasteiger partial charge is 0.452 e. The molecule has 0 aliphatic heterocycles. The Hall–Kier alpha value is -2.23. The lowest BCUT2D eigenvalue weighted by molar-refractivity contribution is -0.119. The summed E-state index contributed by atoms with van der Waals surface area (Å²) in [7, 11) is -3.86. The van der Waals surface area contributed by atoms with E-state index in [-0.39, 0.29) is 9.77 Å². The summed E-state index contributed by atoms with van der Waals surface area (Å²) in [6, 6.07) is 8.44. The van der Waals surface area contributed by atoms with E-state index in [2.05, 4.69) is 5.32 Å². The van der Waals surface area contributed by atoms with Gasteiger partial charge in [-0.05, 0) is 30.2 Å². The van der Waals surface area contributed by atoms with E-state index in [0.717, 1.165) is 29.4 Å². The minimum atomic E-state index is -3.86. The first kappa shape index (κ1) is 18.1. The standard InChI is InChI=1S/C15H16N2O5S2/c1-2-10-4-3-5-12(6-10)17-13(18)8-22-15(19)11-7-14(23-9-11)24(16,20)21/h3-7,9H,2,8H2,1H3,(H,17,18)(H2,16,20,21). The van der Waals surface area contributed by atoms with Gasteiger partial charge in [-0.15, -0.1) is 11.3 Å². The molecule has 0 unspecified atom stereocenters. The van der Waals surface area contributed by atoms with Crippen molar-refractivity contribution in [2.75, 3.05) is 11.9 Å². The van der Waals surface area contributed by atoms with Crippen molar-refractivity contribution >= 4 is 38.9 Å². The summed E-state index contributed by atoms with van der Waals surface area (Å²) in [5.74, 6) is -1.28. The number of amides is 1. The van der Waals surface area contributed by atoms with Crippen LogP contribution in [0.15, 0.2) is 39.9 Å². The maximum atomic E-state index is 11.8. The van der Waals surface area contributed by atoms with E-state index in [1.54, 1.807) is 6.07 Å². The zero-order valence-corrected chi connectivity index (χ0v) is 14.4. The first-order chi connectivity index (χ1) is 11.3. The average molecular weight is 368 g/mol. The van der Waals surface area contributed by atoms with Gasteiger partial charge >= 0.3 is 5.97 Å². The van der Waals surface area contributed by atoms with Gasteiger partial charge in [-0.25, -0.2) is 18.4 Å².